The molecule has 4 N–H and O–H groups in total. The van der Waals surface area contributed by atoms with Crippen LogP contribution in [0.3, 0.4) is 0 Å². The molecule has 17 heavy (non-hydrogen) atoms. The van der Waals surface area contributed by atoms with E-state index in [4.69, 9.17) is 10.8 Å². The molecule has 0 spiro atoms. The molecule has 1 atom stereocenters. The Bertz CT molecular complexity index is 447. The van der Waals surface area contributed by atoms with Gasteiger partial charge in [0.15, 0.2) is 0 Å². The predicted molar refractivity (Wildman–Crippen MR) is 66.2 cm³/mol. The van der Waals surface area contributed by atoms with E-state index < -0.39 is 12.0 Å². The lowest BCUT2D eigenvalue weighted by atomic mass is 9.80. The summed E-state index contributed by atoms with van der Waals surface area (Å²) < 4.78 is 0. The van der Waals surface area contributed by atoms with Crippen LogP contribution in [0.25, 0.3) is 0 Å². The molecule has 1 rings (SSSR count). The van der Waals surface area contributed by atoms with Gasteiger partial charge in [-0.25, -0.2) is 4.79 Å². The van der Waals surface area contributed by atoms with E-state index >= 15 is 0 Å². The van der Waals surface area contributed by atoms with E-state index in [0.717, 1.165) is 0 Å². The third kappa shape index (κ3) is 2.58. The number of hydrogen-bond donors (Lipinski definition) is 3. The molecule has 0 saturated carbocycles. The highest BCUT2D eigenvalue weighted by Crippen LogP contribution is 2.38. The highest BCUT2D eigenvalue weighted by atomic mass is 16.4. The molecule has 4 nitrogen and oxygen atoms in total. The van der Waals surface area contributed by atoms with Gasteiger partial charge in [-0.05, 0) is 24.0 Å². The van der Waals surface area contributed by atoms with E-state index in [2.05, 4.69) is 0 Å². The van der Waals surface area contributed by atoms with Gasteiger partial charge in [0.2, 0.25) is 0 Å². The van der Waals surface area contributed by atoms with Gasteiger partial charge in [0.05, 0.1) is 5.56 Å². The van der Waals surface area contributed by atoms with Gasteiger partial charge >= 0.3 is 5.97 Å². The second-order valence-corrected chi connectivity index (χ2v) is 5.34. The Labute approximate surface area is 101 Å². The lowest BCUT2D eigenvalue weighted by molar-refractivity contribution is 0.0693. The minimum absolute atomic E-state index is 0.0210. The van der Waals surface area contributed by atoms with Gasteiger partial charge in [0.1, 0.15) is 5.75 Å². The molecule has 0 aliphatic heterocycles. The first-order valence-corrected chi connectivity index (χ1v) is 5.47. The van der Waals surface area contributed by atoms with Gasteiger partial charge in [-0.2, -0.15) is 0 Å². The van der Waals surface area contributed by atoms with E-state index in [-0.39, 0.29) is 16.7 Å². The smallest absolute Gasteiger partial charge is 0.336 e. The lowest BCUT2D eigenvalue weighted by Gasteiger charge is -2.29. The first-order valence-electron chi connectivity index (χ1n) is 5.47. The molecule has 1 aromatic rings. The highest BCUT2D eigenvalue weighted by molar-refractivity contribution is 5.90. The van der Waals surface area contributed by atoms with Crippen LogP contribution in [0.5, 0.6) is 5.75 Å². The zero-order chi connectivity index (χ0) is 13.4. The molecule has 4 heteroatoms. The first-order chi connectivity index (χ1) is 7.66. The number of nitrogens with two attached hydrogens (primary N) is 1. The molecule has 0 saturated heterocycles. The fourth-order valence-electron chi connectivity index (χ4n) is 1.65. The number of carboxylic acid groups (broad SMARTS) is 1. The summed E-state index contributed by atoms with van der Waals surface area (Å²) in [5.41, 5.74) is 6.74. The van der Waals surface area contributed by atoms with Crippen molar-refractivity contribution in [1.82, 2.24) is 0 Å². The number of aromatic carboxylic acids is 1. The third-order valence-electron chi connectivity index (χ3n) is 2.89. The topological polar surface area (TPSA) is 83.5 Å². The second-order valence-electron chi connectivity index (χ2n) is 5.34. The van der Waals surface area contributed by atoms with Crippen molar-refractivity contribution in [1.29, 1.82) is 0 Å². The number of hydrogen-bond acceptors (Lipinski definition) is 3. The van der Waals surface area contributed by atoms with Gasteiger partial charge < -0.3 is 15.9 Å². The largest absolute Gasteiger partial charge is 0.507 e. The van der Waals surface area contributed by atoms with Crippen LogP contribution in [-0.4, -0.2) is 16.2 Å². The Balaban J connectivity index is 3.49. The Morgan fingerprint density at radius 3 is 2.29 bits per heavy atom. The third-order valence-corrected chi connectivity index (χ3v) is 2.89. The number of carbonyl (C=O) groups is 1. The summed E-state index contributed by atoms with van der Waals surface area (Å²) in [7, 11) is 0. The standard InChI is InChI=1S/C13H19NO3/c1-7-5-6-8(12(16)17)9(10(7)15)11(14)13(2,3)4/h5-6,11,15H,14H2,1-4H3,(H,16,17)/t11-/m0/s1. The second kappa shape index (κ2) is 4.37. The SMILES string of the molecule is Cc1ccc(C(=O)O)c([C@H](N)C(C)(C)C)c1O. The summed E-state index contributed by atoms with van der Waals surface area (Å²) >= 11 is 0. The van der Waals surface area contributed by atoms with Gasteiger partial charge in [-0.3, -0.25) is 0 Å². The highest BCUT2D eigenvalue weighted by Gasteiger charge is 2.29. The Morgan fingerprint density at radius 2 is 1.88 bits per heavy atom. The molecule has 0 aliphatic carbocycles. The van der Waals surface area contributed by atoms with Crippen molar-refractivity contribution >= 4 is 5.97 Å². The molecule has 0 radical (unpaired) electrons. The maximum atomic E-state index is 11.2. The van der Waals surface area contributed by atoms with E-state index in [0.29, 0.717) is 11.1 Å². The lowest BCUT2D eigenvalue weighted by Crippen LogP contribution is -2.28. The average Bonchev–Trinajstić information content (AvgIpc) is 2.19. The van der Waals surface area contributed by atoms with E-state index in [1.54, 1.807) is 13.0 Å². The molecule has 0 amide bonds. The number of phenolic OH excluding ortho intramolecular Hbond substituents is 1. The minimum Gasteiger partial charge on any atom is -0.507 e. The molecule has 0 aliphatic rings. The van der Waals surface area contributed by atoms with Gasteiger partial charge in [-0.1, -0.05) is 26.8 Å². The van der Waals surface area contributed by atoms with Crippen LogP contribution >= 0.6 is 0 Å². The predicted octanol–water partition coefficient (Wildman–Crippen LogP) is 2.44. The summed E-state index contributed by atoms with van der Waals surface area (Å²) in [6.45, 7) is 7.45. The fourth-order valence-corrected chi connectivity index (χ4v) is 1.65. The molecule has 1 aromatic carbocycles. The number of carboxylic acids is 1. The van der Waals surface area contributed by atoms with Crippen LogP contribution in [0, 0.1) is 12.3 Å². The number of aromatic hydroxyl groups is 1. The Kier molecular flexibility index (Phi) is 3.48. The summed E-state index contributed by atoms with van der Waals surface area (Å²) in [5.74, 6) is -1.10. The van der Waals surface area contributed by atoms with Crippen LogP contribution in [0.15, 0.2) is 12.1 Å². The van der Waals surface area contributed by atoms with Crippen LogP contribution in [0.4, 0.5) is 0 Å². The first kappa shape index (κ1) is 13.5. The van der Waals surface area contributed by atoms with Gasteiger partial charge in [0.25, 0.3) is 0 Å². The van der Waals surface area contributed by atoms with Crippen LogP contribution in [0.2, 0.25) is 0 Å². The van der Waals surface area contributed by atoms with Crippen molar-refractivity contribution in [3.8, 4) is 5.75 Å². The monoisotopic (exact) mass is 237 g/mol. The maximum absolute atomic E-state index is 11.2. The Morgan fingerprint density at radius 1 is 1.35 bits per heavy atom. The van der Waals surface area contributed by atoms with E-state index in [1.807, 2.05) is 20.8 Å². The van der Waals surface area contributed by atoms with Crippen molar-refractivity contribution in [2.75, 3.05) is 0 Å². The fraction of sp³-hybridized carbons (Fsp3) is 0.462. The normalized spacial score (nSPS) is 13.5. The number of aryl methyl sites for hydroxylation is 1. The van der Waals surface area contributed by atoms with Crippen molar-refractivity contribution in [3.05, 3.63) is 28.8 Å². The van der Waals surface area contributed by atoms with Gasteiger partial charge in [0, 0.05) is 11.6 Å². The molecule has 0 fully saturated rings. The quantitative estimate of drug-likeness (QED) is 0.737. The Hall–Kier alpha value is -1.55. The number of phenols is 1. The van der Waals surface area contributed by atoms with Crippen LogP contribution in [0.1, 0.15) is 48.3 Å². The maximum Gasteiger partial charge on any atom is 0.336 e. The number of benzene rings is 1. The molecular weight excluding hydrogens is 218 g/mol. The minimum atomic E-state index is -1.07. The van der Waals surface area contributed by atoms with Crippen molar-refractivity contribution in [2.24, 2.45) is 11.1 Å². The molecule has 94 valence electrons. The molecule has 0 bridgehead atoms. The zero-order valence-corrected chi connectivity index (χ0v) is 10.6. The van der Waals surface area contributed by atoms with Crippen molar-refractivity contribution in [2.45, 2.75) is 33.7 Å². The average molecular weight is 237 g/mol. The summed E-state index contributed by atoms with van der Waals surface area (Å²) in [4.78, 5) is 11.2. The summed E-state index contributed by atoms with van der Waals surface area (Å²) in [5, 5.41) is 19.1. The summed E-state index contributed by atoms with van der Waals surface area (Å²) in [6.07, 6.45) is 0. The van der Waals surface area contributed by atoms with Crippen molar-refractivity contribution in [3.63, 3.8) is 0 Å². The zero-order valence-electron chi connectivity index (χ0n) is 10.6. The van der Waals surface area contributed by atoms with Crippen LogP contribution in [-0.2, 0) is 0 Å². The van der Waals surface area contributed by atoms with E-state index in [9.17, 15) is 9.90 Å². The molecule has 0 unspecified atom stereocenters. The summed E-state index contributed by atoms with van der Waals surface area (Å²) in [6, 6.07) is 2.53. The van der Waals surface area contributed by atoms with E-state index in [1.165, 1.54) is 6.07 Å². The number of rotatable bonds is 2. The van der Waals surface area contributed by atoms with Gasteiger partial charge in [-0.15, -0.1) is 0 Å². The van der Waals surface area contributed by atoms with Crippen LogP contribution < -0.4 is 5.73 Å². The molecular formula is C13H19NO3. The van der Waals surface area contributed by atoms with Crippen molar-refractivity contribution < 1.29 is 15.0 Å². The molecule has 0 aromatic heterocycles. The molecule has 0 heterocycles.